The van der Waals surface area contributed by atoms with Crippen molar-refractivity contribution in [2.75, 3.05) is 0 Å². The molecule has 2 N–H and O–H groups in total. The second-order valence-corrected chi connectivity index (χ2v) is 3.91. The summed E-state index contributed by atoms with van der Waals surface area (Å²) in [7, 11) is 0. The Balaban J connectivity index is 2.46. The van der Waals surface area contributed by atoms with E-state index >= 15 is 0 Å². The third-order valence-electron chi connectivity index (χ3n) is 2.71. The molecule has 17 heavy (non-hydrogen) atoms. The monoisotopic (exact) mass is 242 g/mol. The summed E-state index contributed by atoms with van der Waals surface area (Å²) in [5.41, 5.74) is 4.56. The molecule has 0 saturated heterocycles. The van der Waals surface area contributed by atoms with E-state index in [4.69, 9.17) is 5.73 Å². The van der Waals surface area contributed by atoms with Crippen LogP contribution in [-0.4, -0.2) is 16.8 Å². The number of nitro benzene ring substituents is 1. The summed E-state index contributed by atoms with van der Waals surface area (Å²) in [6.07, 6.45) is -0.356. The van der Waals surface area contributed by atoms with Crippen molar-refractivity contribution in [3.63, 3.8) is 0 Å². The average Bonchev–Trinajstić information content (AvgIpc) is 2.86. The second-order valence-electron chi connectivity index (χ2n) is 3.91. The van der Waals surface area contributed by atoms with Crippen LogP contribution in [0.1, 0.15) is 28.3 Å². The number of benzene rings is 1. The van der Waals surface area contributed by atoms with E-state index in [0.29, 0.717) is 0 Å². The van der Waals surface area contributed by atoms with Crippen molar-refractivity contribution in [3.05, 3.63) is 39.4 Å². The minimum absolute atomic E-state index is 0.0769. The van der Waals surface area contributed by atoms with Crippen LogP contribution in [-0.2, 0) is 0 Å². The fourth-order valence-corrected chi connectivity index (χ4v) is 1.73. The highest BCUT2D eigenvalue weighted by atomic mass is 19.3. The summed E-state index contributed by atoms with van der Waals surface area (Å²) in [6.45, 7) is 0. The predicted molar refractivity (Wildman–Crippen MR) is 53.9 cm³/mol. The second kappa shape index (κ2) is 3.47. The normalized spacial score (nSPS) is 20.9. The van der Waals surface area contributed by atoms with Crippen LogP contribution in [0.25, 0.3) is 0 Å². The van der Waals surface area contributed by atoms with Crippen LogP contribution in [0.4, 0.5) is 14.5 Å². The molecule has 1 aliphatic carbocycles. The molecule has 1 saturated carbocycles. The van der Waals surface area contributed by atoms with Crippen molar-refractivity contribution in [3.8, 4) is 0 Å². The number of carbonyl (C=O) groups excluding carboxylic acids is 1. The molecule has 1 atom stereocenters. The third-order valence-corrected chi connectivity index (χ3v) is 2.71. The Morgan fingerprint density at radius 3 is 2.53 bits per heavy atom. The van der Waals surface area contributed by atoms with Gasteiger partial charge in [0.15, 0.2) is 0 Å². The summed E-state index contributed by atoms with van der Waals surface area (Å²) >= 11 is 0. The molecule has 1 aliphatic rings. The molecule has 1 aromatic carbocycles. The van der Waals surface area contributed by atoms with Crippen molar-refractivity contribution in [2.45, 2.75) is 18.3 Å². The fraction of sp³-hybridized carbons (Fsp3) is 0.300. The number of alkyl halides is 2. The molecule has 0 aliphatic heterocycles. The van der Waals surface area contributed by atoms with Gasteiger partial charge in [-0.3, -0.25) is 14.9 Å². The lowest BCUT2D eigenvalue weighted by atomic mass is 10.0. The quantitative estimate of drug-likeness (QED) is 0.647. The minimum atomic E-state index is -2.85. The zero-order valence-electron chi connectivity index (χ0n) is 8.52. The highest BCUT2D eigenvalue weighted by Crippen LogP contribution is 2.56. The number of rotatable bonds is 3. The predicted octanol–water partition coefficient (Wildman–Crippen LogP) is 1.82. The van der Waals surface area contributed by atoms with Crippen molar-refractivity contribution in [1.29, 1.82) is 0 Å². The van der Waals surface area contributed by atoms with Gasteiger partial charge >= 0.3 is 0 Å². The van der Waals surface area contributed by atoms with Gasteiger partial charge < -0.3 is 5.73 Å². The number of nitro groups is 1. The standard InChI is InChI=1S/C10H8F2N2O3/c11-10(12)4-8(10)6-2-1-5(14(16)17)3-7(6)9(13)15/h1-3,8H,4H2,(H2,13,15). The van der Waals surface area contributed by atoms with E-state index in [0.717, 1.165) is 12.1 Å². The van der Waals surface area contributed by atoms with E-state index in [-0.39, 0.29) is 23.2 Å². The largest absolute Gasteiger partial charge is 0.366 e. The van der Waals surface area contributed by atoms with Gasteiger partial charge in [0, 0.05) is 24.1 Å². The molecule has 0 heterocycles. The lowest BCUT2D eigenvalue weighted by Crippen LogP contribution is -2.14. The molecular weight excluding hydrogens is 234 g/mol. The molecule has 0 radical (unpaired) electrons. The van der Waals surface area contributed by atoms with Crippen LogP contribution in [0.2, 0.25) is 0 Å². The summed E-state index contributed by atoms with van der Waals surface area (Å²) in [5, 5.41) is 10.5. The Bertz CT molecular complexity index is 516. The smallest absolute Gasteiger partial charge is 0.270 e. The van der Waals surface area contributed by atoms with Crippen LogP contribution < -0.4 is 5.73 Å². The topological polar surface area (TPSA) is 86.2 Å². The highest BCUT2D eigenvalue weighted by Gasteiger charge is 2.58. The van der Waals surface area contributed by atoms with Gasteiger partial charge in [0.1, 0.15) is 0 Å². The van der Waals surface area contributed by atoms with Gasteiger partial charge in [-0.25, -0.2) is 8.78 Å². The Kier molecular flexibility index (Phi) is 2.34. The maximum Gasteiger partial charge on any atom is 0.270 e. The highest BCUT2D eigenvalue weighted by molar-refractivity contribution is 5.95. The molecule has 1 unspecified atom stereocenters. The van der Waals surface area contributed by atoms with E-state index in [1.165, 1.54) is 6.07 Å². The molecule has 90 valence electrons. The summed E-state index contributed by atoms with van der Waals surface area (Å²) in [4.78, 5) is 20.9. The Hall–Kier alpha value is -2.05. The first-order valence-corrected chi connectivity index (χ1v) is 4.79. The van der Waals surface area contributed by atoms with Crippen LogP contribution in [0.3, 0.4) is 0 Å². The number of nitrogens with zero attached hydrogens (tertiary/aromatic N) is 1. The van der Waals surface area contributed by atoms with E-state index in [1.807, 2.05) is 0 Å². The van der Waals surface area contributed by atoms with Gasteiger partial charge in [0.25, 0.3) is 11.6 Å². The van der Waals surface area contributed by atoms with Crippen molar-refractivity contribution in [2.24, 2.45) is 5.73 Å². The van der Waals surface area contributed by atoms with Gasteiger partial charge in [-0.2, -0.15) is 0 Å². The van der Waals surface area contributed by atoms with Crippen LogP contribution in [0, 0.1) is 10.1 Å². The Morgan fingerprint density at radius 2 is 2.12 bits per heavy atom. The summed E-state index contributed by atoms with van der Waals surface area (Å²) in [5.74, 6) is -4.85. The number of primary amides is 1. The van der Waals surface area contributed by atoms with Crippen LogP contribution in [0.5, 0.6) is 0 Å². The summed E-state index contributed by atoms with van der Waals surface area (Å²) in [6, 6.07) is 3.20. The van der Waals surface area contributed by atoms with Crippen LogP contribution in [0.15, 0.2) is 18.2 Å². The van der Waals surface area contributed by atoms with Gasteiger partial charge in [0.05, 0.1) is 10.8 Å². The molecule has 1 amide bonds. The van der Waals surface area contributed by atoms with Crippen molar-refractivity contribution < 1.29 is 18.5 Å². The lowest BCUT2D eigenvalue weighted by Gasteiger charge is -2.05. The molecule has 0 spiro atoms. The first kappa shape index (κ1) is 11.4. The van der Waals surface area contributed by atoms with Gasteiger partial charge in [-0.05, 0) is 5.56 Å². The molecule has 5 nitrogen and oxygen atoms in total. The number of carbonyl (C=O) groups is 1. The van der Waals surface area contributed by atoms with E-state index in [2.05, 4.69) is 0 Å². The Labute approximate surface area is 94.4 Å². The number of hydrogen-bond acceptors (Lipinski definition) is 3. The van der Waals surface area contributed by atoms with Gasteiger partial charge in [0.2, 0.25) is 5.91 Å². The lowest BCUT2D eigenvalue weighted by molar-refractivity contribution is -0.384. The number of non-ortho nitro benzene ring substituents is 1. The fourth-order valence-electron chi connectivity index (χ4n) is 1.73. The van der Waals surface area contributed by atoms with E-state index in [9.17, 15) is 23.7 Å². The number of halogens is 2. The van der Waals surface area contributed by atoms with E-state index < -0.39 is 22.7 Å². The van der Waals surface area contributed by atoms with Gasteiger partial charge in [-0.15, -0.1) is 0 Å². The first-order valence-electron chi connectivity index (χ1n) is 4.79. The minimum Gasteiger partial charge on any atom is -0.366 e. The molecule has 7 heteroatoms. The van der Waals surface area contributed by atoms with Gasteiger partial charge in [-0.1, -0.05) is 6.07 Å². The number of hydrogen-bond donors (Lipinski definition) is 1. The zero-order chi connectivity index (χ0) is 12.8. The SMILES string of the molecule is NC(=O)c1cc([N+](=O)[O-])ccc1C1CC1(F)F. The maximum absolute atomic E-state index is 12.9. The van der Waals surface area contributed by atoms with Crippen molar-refractivity contribution >= 4 is 11.6 Å². The molecule has 2 rings (SSSR count). The van der Waals surface area contributed by atoms with Crippen molar-refractivity contribution in [1.82, 2.24) is 0 Å². The maximum atomic E-state index is 12.9. The summed E-state index contributed by atoms with van der Waals surface area (Å²) < 4.78 is 25.8. The van der Waals surface area contributed by atoms with E-state index in [1.54, 1.807) is 0 Å². The number of amides is 1. The molecular formula is C10H8F2N2O3. The first-order chi connectivity index (χ1) is 7.83. The molecule has 1 fully saturated rings. The third kappa shape index (κ3) is 1.95. The molecule has 0 aromatic heterocycles. The average molecular weight is 242 g/mol. The molecule has 0 bridgehead atoms. The zero-order valence-corrected chi connectivity index (χ0v) is 8.52. The Morgan fingerprint density at radius 1 is 1.53 bits per heavy atom. The molecule has 1 aromatic rings. The van der Waals surface area contributed by atoms with Crippen LogP contribution >= 0.6 is 0 Å². The number of nitrogens with two attached hydrogens (primary N) is 1.